The van der Waals surface area contributed by atoms with Gasteiger partial charge in [-0.1, -0.05) is 20.3 Å². The molecule has 0 bridgehead atoms. The summed E-state index contributed by atoms with van der Waals surface area (Å²) in [6, 6.07) is 0. The van der Waals surface area contributed by atoms with E-state index in [2.05, 4.69) is 6.92 Å². The summed E-state index contributed by atoms with van der Waals surface area (Å²) in [5, 5.41) is 9.64. The Morgan fingerprint density at radius 1 is 1.45 bits per heavy atom. The first-order valence-electron chi connectivity index (χ1n) is 4.34. The normalized spacial score (nSPS) is 19.4. The Labute approximate surface area is 69.6 Å². The molecule has 2 nitrogen and oxygen atoms in total. The van der Waals surface area contributed by atoms with E-state index in [0.29, 0.717) is 0 Å². The predicted octanol–water partition coefficient (Wildman–Crippen LogP) is 1.96. The minimum Gasteiger partial charge on any atom is -0.390 e. The summed E-state index contributed by atoms with van der Waals surface area (Å²) in [6.07, 6.45) is 2.34. The van der Waals surface area contributed by atoms with E-state index < -0.39 is 0 Å². The minimum absolute atomic E-state index is 0.331. The van der Waals surface area contributed by atoms with Crippen molar-refractivity contribution in [3.63, 3.8) is 0 Å². The van der Waals surface area contributed by atoms with E-state index >= 15 is 0 Å². The maximum Gasteiger partial charge on any atom is 0.0905 e. The number of rotatable bonds is 5. The van der Waals surface area contributed by atoms with Gasteiger partial charge in [-0.3, -0.25) is 0 Å². The Morgan fingerprint density at radius 3 is 2.27 bits per heavy atom. The highest BCUT2D eigenvalue weighted by Crippen LogP contribution is 2.21. The van der Waals surface area contributed by atoms with Gasteiger partial charge in [0.25, 0.3) is 0 Å². The van der Waals surface area contributed by atoms with Crippen molar-refractivity contribution in [1.29, 1.82) is 0 Å². The minimum atomic E-state index is -0.351. The molecule has 11 heavy (non-hydrogen) atoms. The van der Waals surface area contributed by atoms with E-state index in [1.165, 1.54) is 0 Å². The van der Waals surface area contributed by atoms with Gasteiger partial charge in [0.15, 0.2) is 0 Å². The van der Waals surface area contributed by atoms with E-state index in [0.717, 1.165) is 19.3 Å². The third-order valence-electron chi connectivity index (χ3n) is 2.44. The van der Waals surface area contributed by atoms with Gasteiger partial charge in [0, 0.05) is 7.11 Å². The molecular formula is C9H20O2. The van der Waals surface area contributed by atoms with Crippen LogP contribution < -0.4 is 0 Å². The first-order valence-corrected chi connectivity index (χ1v) is 4.34. The van der Waals surface area contributed by atoms with Crippen LogP contribution in [0.1, 0.15) is 40.0 Å². The van der Waals surface area contributed by atoms with Gasteiger partial charge in [0.1, 0.15) is 0 Å². The molecule has 1 N–H and O–H groups in total. The summed E-state index contributed by atoms with van der Waals surface area (Å²) in [7, 11) is 1.66. The van der Waals surface area contributed by atoms with Crippen LogP contribution in [0.3, 0.4) is 0 Å². The van der Waals surface area contributed by atoms with Crippen LogP contribution >= 0.6 is 0 Å². The monoisotopic (exact) mass is 160 g/mol. The summed E-state index contributed by atoms with van der Waals surface area (Å²) in [5.74, 6) is 0. The largest absolute Gasteiger partial charge is 0.390 e. The Kier molecular flexibility index (Phi) is 4.69. The molecule has 68 valence electrons. The van der Waals surface area contributed by atoms with Crippen LogP contribution in [0.25, 0.3) is 0 Å². The zero-order valence-corrected chi connectivity index (χ0v) is 8.05. The van der Waals surface area contributed by atoms with Crippen LogP contribution in [0.4, 0.5) is 0 Å². The fraction of sp³-hybridized carbons (Fsp3) is 1.00. The van der Waals surface area contributed by atoms with Crippen molar-refractivity contribution in [2.45, 2.75) is 51.7 Å². The topological polar surface area (TPSA) is 29.5 Å². The fourth-order valence-corrected chi connectivity index (χ4v) is 1.09. The second kappa shape index (κ2) is 4.73. The third kappa shape index (κ3) is 2.80. The van der Waals surface area contributed by atoms with Crippen molar-refractivity contribution in [3.8, 4) is 0 Å². The molecule has 0 rings (SSSR count). The molecule has 0 saturated heterocycles. The third-order valence-corrected chi connectivity index (χ3v) is 2.44. The van der Waals surface area contributed by atoms with Gasteiger partial charge in [-0.15, -0.1) is 0 Å². The van der Waals surface area contributed by atoms with Crippen molar-refractivity contribution in [3.05, 3.63) is 0 Å². The summed E-state index contributed by atoms with van der Waals surface area (Å²) in [5.41, 5.74) is -0.351. The Hall–Kier alpha value is -0.0800. The lowest BCUT2D eigenvalue weighted by Crippen LogP contribution is -2.40. The highest BCUT2D eigenvalue weighted by Gasteiger charge is 2.29. The van der Waals surface area contributed by atoms with Crippen LogP contribution in [0.5, 0.6) is 0 Å². The zero-order chi connectivity index (χ0) is 8.91. The summed E-state index contributed by atoms with van der Waals surface area (Å²) in [4.78, 5) is 0. The number of methoxy groups -OCH3 is 1. The average molecular weight is 160 g/mol. The van der Waals surface area contributed by atoms with E-state index in [9.17, 15) is 5.11 Å². The number of ether oxygens (including phenoxy) is 1. The van der Waals surface area contributed by atoms with Gasteiger partial charge in [-0.25, -0.2) is 0 Å². The number of aliphatic hydroxyl groups is 1. The molecular weight excluding hydrogens is 140 g/mol. The molecule has 0 aliphatic carbocycles. The van der Waals surface area contributed by atoms with Crippen molar-refractivity contribution in [1.82, 2.24) is 0 Å². The standard InChI is InChI=1S/C9H20O2/c1-5-7-8(10)9(3,6-2)11-4/h8,10H,5-7H2,1-4H3. The molecule has 0 radical (unpaired) electrons. The number of hydrogen-bond acceptors (Lipinski definition) is 2. The first kappa shape index (κ1) is 10.9. The Balaban J connectivity index is 4.00. The lowest BCUT2D eigenvalue weighted by atomic mass is 9.93. The second-order valence-corrected chi connectivity index (χ2v) is 3.17. The maximum absolute atomic E-state index is 9.64. The Morgan fingerprint density at radius 2 is 2.00 bits per heavy atom. The average Bonchev–Trinajstić information content (AvgIpc) is 2.03. The van der Waals surface area contributed by atoms with Gasteiger partial charge in [-0.05, 0) is 19.8 Å². The maximum atomic E-state index is 9.64. The second-order valence-electron chi connectivity index (χ2n) is 3.17. The van der Waals surface area contributed by atoms with Gasteiger partial charge in [-0.2, -0.15) is 0 Å². The zero-order valence-electron chi connectivity index (χ0n) is 8.05. The van der Waals surface area contributed by atoms with E-state index in [1.54, 1.807) is 7.11 Å². The highest BCUT2D eigenvalue weighted by atomic mass is 16.5. The number of aliphatic hydroxyl groups excluding tert-OH is 1. The van der Waals surface area contributed by atoms with Crippen LogP contribution in [-0.2, 0) is 4.74 Å². The van der Waals surface area contributed by atoms with Gasteiger partial charge < -0.3 is 9.84 Å². The molecule has 2 heteroatoms. The quantitative estimate of drug-likeness (QED) is 0.666. The van der Waals surface area contributed by atoms with Crippen LogP contribution in [-0.4, -0.2) is 23.9 Å². The van der Waals surface area contributed by atoms with Crippen LogP contribution in [0.15, 0.2) is 0 Å². The lowest BCUT2D eigenvalue weighted by Gasteiger charge is -2.31. The molecule has 2 unspecified atom stereocenters. The molecule has 0 amide bonds. The molecule has 0 heterocycles. The highest BCUT2D eigenvalue weighted by molar-refractivity contribution is 4.81. The first-order chi connectivity index (χ1) is 5.10. The van der Waals surface area contributed by atoms with Crippen molar-refractivity contribution >= 4 is 0 Å². The summed E-state index contributed by atoms with van der Waals surface area (Å²) in [6.45, 7) is 6.05. The van der Waals surface area contributed by atoms with E-state index in [4.69, 9.17) is 4.74 Å². The SMILES string of the molecule is CCCC(O)C(C)(CC)OC. The van der Waals surface area contributed by atoms with Gasteiger partial charge in [0.05, 0.1) is 11.7 Å². The summed E-state index contributed by atoms with van der Waals surface area (Å²) < 4.78 is 5.25. The van der Waals surface area contributed by atoms with Crippen LogP contribution in [0.2, 0.25) is 0 Å². The molecule has 0 saturated carbocycles. The molecule has 0 aliphatic heterocycles. The number of hydrogen-bond donors (Lipinski definition) is 1. The van der Waals surface area contributed by atoms with Gasteiger partial charge in [0.2, 0.25) is 0 Å². The lowest BCUT2D eigenvalue weighted by molar-refractivity contribution is -0.0948. The van der Waals surface area contributed by atoms with E-state index in [1.807, 2.05) is 13.8 Å². The van der Waals surface area contributed by atoms with Crippen LogP contribution in [0, 0.1) is 0 Å². The molecule has 2 atom stereocenters. The van der Waals surface area contributed by atoms with Crippen molar-refractivity contribution in [2.24, 2.45) is 0 Å². The van der Waals surface area contributed by atoms with Crippen molar-refractivity contribution < 1.29 is 9.84 Å². The molecule has 0 aromatic carbocycles. The smallest absolute Gasteiger partial charge is 0.0905 e. The molecule has 0 aliphatic rings. The Bertz CT molecular complexity index is 97.7. The van der Waals surface area contributed by atoms with Gasteiger partial charge >= 0.3 is 0 Å². The molecule has 0 aromatic heterocycles. The van der Waals surface area contributed by atoms with E-state index in [-0.39, 0.29) is 11.7 Å². The molecule has 0 aromatic rings. The van der Waals surface area contributed by atoms with Crippen molar-refractivity contribution in [2.75, 3.05) is 7.11 Å². The summed E-state index contributed by atoms with van der Waals surface area (Å²) >= 11 is 0. The molecule has 0 fully saturated rings. The fourth-order valence-electron chi connectivity index (χ4n) is 1.09. The molecule has 0 spiro atoms. The predicted molar refractivity (Wildman–Crippen MR) is 46.6 cm³/mol.